The van der Waals surface area contributed by atoms with Crippen molar-refractivity contribution in [3.63, 3.8) is 0 Å². The predicted molar refractivity (Wildman–Crippen MR) is 91.1 cm³/mol. The molecule has 0 radical (unpaired) electrons. The van der Waals surface area contributed by atoms with Gasteiger partial charge in [-0.05, 0) is 48.4 Å². The van der Waals surface area contributed by atoms with Gasteiger partial charge in [0, 0.05) is 12.0 Å². The van der Waals surface area contributed by atoms with E-state index in [1.807, 2.05) is 0 Å². The summed E-state index contributed by atoms with van der Waals surface area (Å²) in [7, 11) is -3.86. The molecule has 2 aromatic carbocycles. The average Bonchev–Trinajstić information content (AvgIpc) is 3.27. The minimum absolute atomic E-state index is 0.0348. The van der Waals surface area contributed by atoms with Gasteiger partial charge in [-0.3, -0.25) is 0 Å². The van der Waals surface area contributed by atoms with E-state index in [9.17, 15) is 21.6 Å². The molecule has 0 saturated heterocycles. The molecule has 0 heterocycles. The number of nitrogens with one attached hydrogen (secondary N) is 1. The molecule has 26 heavy (non-hydrogen) atoms. The van der Waals surface area contributed by atoms with Crippen LogP contribution in [0.1, 0.15) is 17.9 Å². The molecular formula is C16H12Cl2F3NO3S. The fraction of sp³-hybridized carbons (Fsp3) is 0.250. The topological polar surface area (TPSA) is 55.4 Å². The van der Waals surface area contributed by atoms with Crippen LogP contribution in [-0.2, 0) is 10.0 Å². The molecule has 2 atom stereocenters. The maximum Gasteiger partial charge on any atom is 0.573 e. The number of ether oxygens (including phenoxy) is 1. The van der Waals surface area contributed by atoms with E-state index in [-0.39, 0.29) is 16.9 Å². The van der Waals surface area contributed by atoms with Crippen molar-refractivity contribution < 1.29 is 26.3 Å². The number of alkyl halides is 3. The van der Waals surface area contributed by atoms with Crippen LogP contribution in [0.5, 0.6) is 5.75 Å². The summed E-state index contributed by atoms with van der Waals surface area (Å²) < 4.78 is 67.4. The Labute approximate surface area is 157 Å². The van der Waals surface area contributed by atoms with Crippen molar-refractivity contribution >= 4 is 33.2 Å². The first-order valence-electron chi connectivity index (χ1n) is 7.38. The number of hydrogen-bond acceptors (Lipinski definition) is 3. The zero-order chi connectivity index (χ0) is 19.1. The van der Waals surface area contributed by atoms with E-state index in [0.29, 0.717) is 16.5 Å². The first-order chi connectivity index (χ1) is 12.0. The largest absolute Gasteiger partial charge is 0.573 e. The molecule has 1 saturated carbocycles. The second-order valence-corrected chi connectivity index (χ2v) is 8.29. The summed E-state index contributed by atoms with van der Waals surface area (Å²) in [5.41, 5.74) is 0.862. The van der Waals surface area contributed by atoms with Gasteiger partial charge in [-0.25, -0.2) is 13.1 Å². The van der Waals surface area contributed by atoms with Gasteiger partial charge in [0.1, 0.15) is 5.75 Å². The van der Waals surface area contributed by atoms with Crippen molar-refractivity contribution in [2.45, 2.75) is 29.6 Å². The summed E-state index contributed by atoms with van der Waals surface area (Å²) in [5.74, 6) is -0.524. The van der Waals surface area contributed by atoms with Gasteiger partial charge in [-0.1, -0.05) is 29.3 Å². The summed E-state index contributed by atoms with van der Waals surface area (Å²) in [4.78, 5) is -0.146. The van der Waals surface area contributed by atoms with Crippen LogP contribution in [0.2, 0.25) is 10.0 Å². The zero-order valence-corrected chi connectivity index (χ0v) is 15.3. The first kappa shape index (κ1) is 19.3. The van der Waals surface area contributed by atoms with E-state index in [4.69, 9.17) is 23.2 Å². The normalized spacial score (nSPS) is 20.0. The molecule has 2 unspecified atom stereocenters. The highest BCUT2D eigenvalue weighted by Crippen LogP contribution is 2.43. The van der Waals surface area contributed by atoms with E-state index in [1.165, 1.54) is 0 Å². The highest BCUT2D eigenvalue weighted by Gasteiger charge is 2.41. The first-order valence-corrected chi connectivity index (χ1v) is 9.62. The molecule has 10 heteroatoms. The van der Waals surface area contributed by atoms with Gasteiger partial charge in [-0.2, -0.15) is 0 Å². The van der Waals surface area contributed by atoms with Crippen LogP contribution >= 0.6 is 23.2 Å². The van der Waals surface area contributed by atoms with Crippen molar-refractivity contribution in [3.8, 4) is 5.75 Å². The zero-order valence-electron chi connectivity index (χ0n) is 12.9. The van der Waals surface area contributed by atoms with E-state index in [0.717, 1.165) is 29.8 Å². The lowest BCUT2D eigenvalue weighted by Crippen LogP contribution is -2.26. The van der Waals surface area contributed by atoms with E-state index >= 15 is 0 Å². The number of hydrogen-bond donors (Lipinski definition) is 1. The number of rotatable bonds is 5. The number of benzene rings is 2. The lowest BCUT2D eigenvalue weighted by atomic mass is 10.1. The van der Waals surface area contributed by atoms with Gasteiger partial charge in [0.25, 0.3) is 0 Å². The summed E-state index contributed by atoms with van der Waals surface area (Å²) in [6.45, 7) is 0. The molecule has 4 nitrogen and oxygen atoms in total. The highest BCUT2D eigenvalue weighted by molar-refractivity contribution is 7.89. The van der Waals surface area contributed by atoms with E-state index in [1.54, 1.807) is 18.2 Å². The Kier molecular flexibility index (Phi) is 5.13. The molecule has 0 aliphatic heterocycles. The molecule has 0 bridgehead atoms. The van der Waals surface area contributed by atoms with Gasteiger partial charge in [-0.15, -0.1) is 13.2 Å². The molecule has 1 aliphatic carbocycles. The van der Waals surface area contributed by atoms with E-state index < -0.39 is 22.1 Å². The van der Waals surface area contributed by atoms with Crippen LogP contribution in [0.15, 0.2) is 47.4 Å². The summed E-state index contributed by atoms with van der Waals surface area (Å²) >= 11 is 11.8. The molecule has 1 fully saturated rings. The smallest absolute Gasteiger partial charge is 0.406 e. The second kappa shape index (κ2) is 6.92. The molecule has 2 aromatic rings. The standard InChI is InChI=1S/C16H12Cl2F3NO3S/c17-13-6-1-9(7-14(13)18)12-8-15(12)22-26(23,24)11-4-2-10(3-5-11)25-16(19,20)21/h1-7,12,15,22H,8H2. The Bertz CT molecular complexity index is 917. The minimum atomic E-state index is -4.83. The Morgan fingerprint density at radius 3 is 2.27 bits per heavy atom. The van der Waals surface area contributed by atoms with Crippen molar-refractivity contribution in [2.75, 3.05) is 0 Å². The Morgan fingerprint density at radius 2 is 1.69 bits per heavy atom. The molecule has 0 amide bonds. The molecule has 1 N–H and O–H groups in total. The minimum Gasteiger partial charge on any atom is -0.406 e. The maximum absolute atomic E-state index is 12.4. The Hall–Kier alpha value is -1.48. The van der Waals surface area contributed by atoms with Crippen molar-refractivity contribution in [1.82, 2.24) is 4.72 Å². The Balaban J connectivity index is 1.67. The number of halogens is 5. The molecule has 3 rings (SSSR count). The average molecular weight is 426 g/mol. The molecule has 0 aromatic heterocycles. The summed E-state index contributed by atoms with van der Waals surface area (Å²) in [6, 6.07) is 8.80. The molecule has 1 aliphatic rings. The van der Waals surface area contributed by atoms with Gasteiger partial charge in [0.15, 0.2) is 0 Å². The van der Waals surface area contributed by atoms with E-state index in [2.05, 4.69) is 9.46 Å². The summed E-state index contributed by atoms with van der Waals surface area (Å²) in [6.07, 6.45) is -4.24. The van der Waals surface area contributed by atoms with Crippen LogP contribution in [0, 0.1) is 0 Å². The van der Waals surface area contributed by atoms with Gasteiger partial charge < -0.3 is 4.74 Å². The van der Waals surface area contributed by atoms with Crippen molar-refractivity contribution in [3.05, 3.63) is 58.1 Å². The van der Waals surface area contributed by atoms with Crippen molar-refractivity contribution in [1.29, 1.82) is 0 Å². The third kappa shape index (κ3) is 4.62. The highest BCUT2D eigenvalue weighted by atomic mass is 35.5. The molecular weight excluding hydrogens is 414 g/mol. The SMILES string of the molecule is O=S(=O)(NC1CC1c1ccc(Cl)c(Cl)c1)c1ccc(OC(F)(F)F)cc1. The van der Waals surface area contributed by atoms with Crippen LogP contribution in [-0.4, -0.2) is 20.8 Å². The number of sulfonamides is 1. The summed E-state index contributed by atoms with van der Waals surface area (Å²) in [5, 5.41) is 0.798. The Morgan fingerprint density at radius 1 is 1.04 bits per heavy atom. The third-order valence-corrected chi connectivity index (χ3v) is 6.08. The molecule has 140 valence electrons. The lowest BCUT2D eigenvalue weighted by Gasteiger charge is -2.10. The lowest BCUT2D eigenvalue weighted by molar-refractivity contribution is -0.274. The van der Waals surface area contributed by atoms with Crippen molar-refractivity contribution in [2.24, 2.45) is 0 Å². The van der Waals surface area contributed by atoms with Gasteiger partial charge in [0.2, 0.25) is 10.0 Å². The third-order valence-electron chi connectivity index (χ3n) is 3.84. The predicted octanol–water partition coefficient (Wildman–Crippen LogP) is 4.73. The molecule has 0 spiro atoms. The van der Waals surface area contributed by atoms with Crippen LogP contribution in [0.3, 0.4) is 0 Å². The van der Waals surface area contributed by atoms with Crippen LogP contribution in [0.4, 0.5) is 13.2 Å². The van der Waals surface area contributed by atoms with Gasteiger partial charge in [0.05, 0.1) is 14.9 Å². The quantitative estimate of drug-likeness (QED) is 0.753. The monoisotopic (exact) mass is 425 g/mol. The second-order valence-electron chi connectivity index (χ2n) is 5.76. The van der Waals surface area contributed by atoms with Gasteiger partial charge >= 0.3 is 6.36 Å². The van der Waals surface area contributed by atoms with Crippen LogP contribution < -0.4 is 9.46 Å². The maximum atomic E-state index is 12.4. The fourth-order valence-electron chi connectivity index (χ4n) is 2.52. The van der Waals surface area contributed by atoms with Crippen LogP contribution in [0.25, 0.3) is 0 Å². The fourth-order valence-corrected chi connectivity index (χ4v) is 4.12.